The molecule has 0 bridgehead atoms. The summed E-state index contributed by atoms with van der Waals surface area (Å²) in [6.45, 7) is 0. The Morgan fingerprint density at radius 2 is 1.24 bits per heavy atom. The first kappa shape index (κ1) is 14.4. The van der Waals surface area contributed by atoms with Crippen LogP contribution in [-0.2, 0) is 0 Å². The van der Waals surface area contributed by atoms with Gasteiger partial charge in [-0.25, -0.2) is 0 Å². The Morgan fingerprint density at radius 3 is 1.76 bits per heavy atom. The second kappa shape index (κ2) is 7.52. The van der Waals surface area contributed by atoms with E-state index in [0.29, 0.717) is 11.3 Å². The number of nitriles is 1. The highest BCUT2D eigenvalue weighted by Crippen LogP contribution is 2.19. The molecule has 0 spiro atoms. The number of phenolic OH excluding ortho intramolecular Hbond substituents is 1. The number of hydrogen-bond acceptors (Lipinski definition) is 2. The molecule has 102 valence electrons. The third kappa shape index (κ3) is 4.52. The molecule has 0 fully saturated rings. The minimum Gasteiger partial charge on any atom is -0.508 e. The summed E-state index contributed by atoms with van der Waals surface area (Å²) in [5, 5.41) is 17.4. The van der Waals surface area contributed by atoms with Crippen LogP contribution >= 0.6 is 0 Å². The summed E-state index contributed by atoms with van der Waals surface area (Å²) in [6, 6.07) is 28.5. The van der Waals surface area contributed by atoms with Gasteiger partial charge < -0.3 is 5.11 Å². The molecule has 3 aromatic carbocycles. The van der Waals surface area contributed by atoms with Crippen molar-refractivity contribution < 1.29 is 5.11 Å². The van der Waals surface area contributed by atoms with Crippen LogP contribution < -0.4 is 0 Å². The summed E-state index contributed by atoms with van der Waals surface area (Å²) in [5.41, 5.74) is 2.93. The molecule has 0 heterocycles. The van der Waals surface area contributed by atoms with Crippen molar-refractivity contribution in [2.45, 2.75) is 0 Å². The van der Waals surface area contributed by atoms with Crippen molar-refractivity contribution in [3.63, 3.8) is 0 Å². The predicted octanol–water partition coefficient (Wildman–Crippen LogP) is 4.62. The zero-order chi connectivity index (χ0) is 14.9. The molecular formula is C19H15NO. The minimum absolute atomic E-state index is 0.322. The van der Waals surface area contributed by atoms with Crippen LogP contribution in [-0.4, -0.2) is 5.11 Å². The van der Waals surface area contributed by atoms with E-state index in [1.54, 1.807) is 24.3 Å². The Hall–Kier alpha value is -3.05. The average Bonchev–Trinajstić information content (AvgIpc) is 2.57. The van der Waals surface area contributed by atoms with Gasteiger partial charge in [-0.2, -0.15) is 5.26 Å². The molecule has 0 aromatic heterocycles. The first-order valence-corrected chi connectivity index (χ1v) is 6.59. The summed E-state index contributed by atoms with van der Waals surface area (Å²) in [4.78, 5) is 0. The van der Waals surface area contributed by atoms with Gasteiger partial charge in [-0.15, -0.1) is 0 Å². The van der Waals surface area contributed by atoms with Crippen molar-refractivity contribution in [3.05, 3.63) is 90.5 Å². The molecule has 1 N–H and O–H groups in total. The van der Waals surface area contributed by atoms with Gasteiger partial charge in [-0.1, -0.05) is 60.7 Å². The zero-order valence-corrected chi connectivity index (χ0v) is 11.5. The van der Waals surface area contributed by atoms with Gasteiger partial charge in [0.05, 0.1) is 11.6 Å². The number of benzene rings is 3. The molecule has 0 saturated heterocycles. The van der Waals surface area contributed by atoms with E-state index in [-0.39, 0.29) is 0 Å². The van der Waals surface area contributed by atoms with Crippen LogP contribution in [0.2, 0.25) is 0 Å². The first-order valence-electron chi connectivity index (χ1n) is 6.59. The topological polar surface area (TPSA) is 44.0 Å². The van der Waals surface area contributed by atoms with Gasteiger partial charge in [-0.3, -0.25) is 0 Å². The van der Waals surface area contributed by atoms with E-state index in [1.165, 1.54) is 0 Å². The van der Waals surface area contributed by atoms with Crippen LogP contribution in [0.3, 0.4) is 0 Å². The molecule has 0 saturated carbocycles. The summed E-state index contributed by atoms with van der Waals surface area (Å²) >= 11 is 0. The van der Waals surface area contributed by atoms with Crippen molar-refractivity contribution in [1.29, 1.82) is 5.26 Å². The van der Waals surface area contributed by atoms with Gasteiger partial charge in [0, 0.05) is 0 Å². The van der Waals surface area contributed by atoms with Crippen molar-refractivity contribution in [2.75, 3.05) is 0 Å². The van der Waals surface area contributed by atoms with Crippen LogP contribution in [0.4, 0.5) is 0 Å². The molecule has 0 amide bonds. The molecule has 0 atom stereocenters. The molecule has 2 nitrogen and oxygen atoms in total. The van der Waals surface area contributed by atoms with E-state index < -0.39 is 0 Å². The van der Waals surface area contributed by atoms with Gasteiger partial charge in [-0.05, 0) is 35.4 Å². The second-order valence-corrected chi connectivity index (χ2v) is 4.39. The van der Waals surface area contributed by atoms with Crippen molar-refractivity contribution >= 4 is 0 Å². The van der Waals surface area contributed by atoms with Crippen LogP contribution in [0.1, 0.15) is 5.56 Å². The van der Waals surface area contributed by atoms with Gasteiger partial charge in [0.15, 0.2) is 0 Å². The maximum absolute atomic E-state index is 8.76. The number of nitrogens with zero attached hydrogens (tertiary/aromatic N) is 1. The molecule has 0 aliphatic carbocycles. The summed E-state index contributed by atoms with van der Waals surface area (Å²) in [5.74, 6) is 0.322. The Kier molecular flexibility index (Phi) is 5.14. The standard InChI is InChI=1S/C13H9N.C6H6O/c14-10-11-5-4-8-13(9-11)12-6-2-1-3-7-12;7-6-4-2-1-3-5-6/h1-9H;1-5,7H. The Balaban J connectivity index is 0.000000194. The first-order chi connectivity index (χ1) is 10.3. The van der Waals surface area contributed by atoms with Crippen LogP contribution in [0.25, 0.3) is 11.1 Å². The lowest BCUT2D eigenvalue weighted by molar-refractivity contribution is 0.475. The van der Waals surface area contributed by atoms with E-state index in [0.717, 1.165) is 11.1 Å². The van der Waals surface area contributed by atoms with Gasteiger partial charge in [0.25, 0.3) is 0 Å². The average molecular weight is 273 g/mol. The number of aromatic hydroxyl groups is 1. The van der Waals surface area contributed by atoms with E-state index in [1.807, 2.05) is 60.7 Å². The quantitative estimate of drug-likeness (QED) is 0.703. The van der Waals surface area contributed by atoms with Gasteiger partial charge in [0.2, 0.25) is 0 Å². The monoisotopic (exact) mass is 273 g/mol. The molecule has 0 unspecified atom stereocenters. The van der Waals surface area contributed by atoms with E-state index in [9.17, 15) is 0 Å². The molecule has 3 rings (SSSR count). The predicted molar refractivity (Wildman–Crippen MR) is 84.7 cm³/mol. The highest BCUT2D eigenvalue weighted by molar-refractivity contribution is 5.64. The Bertz CT molecular complexity index is 715. The van der Waals surface area contributed by atoms with Crippen LogP contribution in [0.5, 0.6) is 5.75 Å². The molecule has 0 radical (unpaired) electrons. The summed E-state index contributed by atoms with van der Waals surface area (Å²) < 4.78 is 0. The fourth-order valence-corrected chi connectivity index (χ4v) is 1.83. The van der Waals surface area contributed by atoms with Gasteiger partial charge >= 0.3 is 0 Å². The number of para-hydroxylation sites is 1. The lowest BCUT2D eigenvalue weighted by Crippen LogP contribution is -1.78. The lowest BCUT2D eigenvalue weighted by atomic mass is 10.0. The molecule has 3 aromatic rings. The fraction of sp³-hybridized carbons (Fsp3) is 0. The molecular weight excluding hydrogens is 258 g/mol. The van der Waals surface area contributed by atoms with Crippen molar-refractivity contribution in [1.82, 2.24) is 0 Å². The van der Waals surface area contributed by atoms with E-state index >= 15 is 0 Å². The van der Waals surface area contributed by atoms with E-state index in [4.69, 9.17) is 10.4 Å². The molecule has 2 heteroatoms. The normalized spacial score (nSPS) is 9.10. The molecule has 0 aliphatic rings. The lowest BCUT2D eigenvalue weighted by Gasteiger charge is -2.00. The fourth-order valence-electron chi connectivity index (χ4n) is 1.83. The summed E-state index contributed by atoms with van der Waals surface area (Å²) in [6.07, 6.45) is 0. The van der Waals surface area contributed by atoms with Crippen LogP contribution in [0.15, 0.2) is 84.9 Å². The third-order valence-corrected chi connectivity index (χ3v) is 2.85. The number of rotatable bonds is 1. The van der Waals surface area contributed by atoms with Crippen molar-refractivity contribution in [2.24, 2.45) is 0 Å². The number of phenols is 1. The van der Waals surface area contributed by atoms with Crippen LogP contribution in [0, 0.1) is 11.3 Å². The smallest absolute Gasteiger partial charge is 0.115 e. The molecule has 0 aliphatic heterocycles. The molecule has 21 heavy (non-hydrogen) atoms. The Morgan fingerprint density at radius 1 is 0.667 bits per heavy atom. The second-order valence-electron chi connectivity index (χ2n) is 4.39. The van der Waals surface area contributed by atoms with Crippen molar-refractivity contribution in [3.8, 4) is 22.9 Å². The SMILES string of the molecule is N#Cc1cccc(-c2ccccc2)c1.Oc1ccccc1. The minimum atomic E-state index is 0.322. The zero-order valence-electron chi connectivity index (χ0n) is 11.5. The third-order valence-electron chi connectivity index (χ3n) is 2.85. The number of hydrogen-bond donors (Lipinski definition) is 1. The maximum atomic E-state index is 8.76. The maximum Gasteiger partial charge on any atom is 0.115 e. The summed E-state index contributed by atoms with van der Waals surface area (Å²) in [7, 11) is 0. The largest absolute Gasteiger partial charge is 0.508 e. The van der Waals surface area contributed by atoms with Gasteiger partial charge in [0.1, 0.15) is 5.75 Å². The highest BCUT2D eigenvalue weighted by atomic mass is 16.3. The van der Waals surface area contributed by atoms with E-state index in [2.05, 4.69) is 6.07 Å². The highest BCUT2D eigenvalue weighted by Gasteiger charge is 1.96. The Labute approximate surface area is 124 Å².